The summed E-state index contributed by atoms with van der Waals surface area (Å²) in [6.07, 6.45) is 8.85. The Hall–Kier alpha value is -1.10. The number of nitrogens with one attached hydrogen (secondary N) is 1. The lowest BCUT2D eigenvalue weighted by Crippen LogP contribution is -2.55. The van der Waals surface area contributed by atoms with Crippen molar-refractivity contribution in [2.24, 2.45) is 5.92 Å². The summed E-state index contributed by atoms with van der Waals surface area (Å²) in [5.41, 5.74) is 0. The van der Waals surface area contributed by atoms with Crippen LogP contribution in [0.1, 0.15) is 71.6 Å². The highest BCUT2D eigenvalue weighted by Crippen LogP contribution is 2.26. The lowest BCUT2D eigenvalue weighted by atomic mass is 9.87. The maximum atomic E-state index is 12.6. The van der Waals surface area contributed by atoms with Crippen LogP contribution in [0.15, 0.2) is 0 Å². The molecule has 0 bridgehead atoms. The summed E-state index contributed by atoms with van der Waals surface area (Å²) in [6, 6.07) is -0.626. The zero-order chi connectivity index (χ0) is 16.8. The number of hydrogen-bond acceptors (Lipinski definition) is 3. The van der Waals surface area contributed by atoms with Gasteiger partial charge in [-0.05, 0) is 51.9 Å². The van der Waals surface area contributed by atoms with E-state index in [0.717, 1.165) is 32.1 Å². The lowest BCUT2D eigenvalue weighted by molar-refractivity contribution is -0.141. The molecule has 2 N–H and O–H groups in total. The van der Waals surface area contributed by atoms with E-state index in [-0.39, 0.29) is 17.9 Å². The van der Waals surface area contributed by atoms with E-state index >= 15 is 0 Å². The number of aliphatic hydroxyl groups is 1. The first kappa shape index (κ1) is 18.2. The molecule has 2 rings (SSSR count). The van der Waals surface area contributed by atoms with E-state index in [1.165, 1.54) is 19.3 Å². The molecule has 5 heteroatoms. The van der Waals surface area contributed by atoms with Crippen molar-refractivity contribution in [1.82, 2.24) is 10.2 Å². The predicted molar refractivity (Wildman–Crippen MR) is 89.8 cm³/mol. The highest BCUT2D eigenvalue weighted by Gasteiger charge is 2.32. The lowest BCUT2D eigenvalue weighted by Gasteiger charge is -2.39. The van der Waals surface area contributed by atoms with Gasteiger partial charge in [-0.3, -0.25) is 9.59 Å². The van der Waals surface area contributed by atoms with Crippen molar-refractivity contribution in [2.45, 2.75) is 89.8 Å². The first-order chi connectivity index (χ1) is 11.0. The minimum Gasteiger partial charge on any atom is -0.391 e. The van der Waals surface area contributed by atoms with Crippen LogP contribution in [0.3, 0.4) is 0 Å². The third-order valence-electron chi connectivity index (χ3n) is 5.34. The Bertz CT molecular complexity index is 405. The Balaban J connectivity index is 1.84. The molecule has 3 unspecified atom stereocenters. The van der Waals surface area contributed by atoms with Crippen molar-refractivity contribution in [3.63, 3.8) is 0 Å². The van der Waals surface area contributed by atoms with Gasteiger partial charge in [0.1, 0.15) is 6.04 Å². The van der Waals surface area contributed by atoms with Gasteiger partial charge in [0, 0.05) is 13.0 Å². The zero-order valence-corrected chi connectivity index (χ0v) is 14.6. The van der Waals surface area contributed by atoms with Crippen LogP contribution < -0.4 is 5.32 Å². The fourth-order valence-corrected chi connectivity index (χ4v) is 4.00. The normalized spacial score (nSPS) is 25.7. The fourth-order valence-electron chi connectivity index (χ4n) is 4.00. The highest BCUT2D eigenvalue weighted by atomic mass is 16.3. The van der Waals surface area contributed by atoms with E-state index in [0.29, 0.717) is 18.9 Å². The van der Waals surface area contributed by atoms with Crippen LogP contribution in [-0.2, 0) is 9.59 Å². The second-order valence-corrected chi connectivity index (χ2v) is 7.33. The standard InChI is InChI=1S/C18H32N2O3/c1-13(19-17(22)12-15-8-4-3-5-9-15)18(23)20-11-7-6-10-16(20)14(2)21/h13-16,21H,3-12H2,1-2H3,(H,19,22). The van der Waals surface area contributed by atoms with Crippen molar-refractivity contribution < 1.29 is 14.7 Å². The number of piperidine rings is 1. The molecule has 2 aliphatic rings. The van der Waals surface area contributed by atoms with Gasteiger partial charge in [-0.1, -0.05) is 19.3 Å². The van der Waals surface area contributed by atoms with Gasteiger partial charge >= 0.3 is 0 Å². The molecule has 0 spiro atoms. The molecule has 1 heterocycles. The Morgan fingerprint density at radius 1 is 1.09 bits per heavy atom. The highest BCUT2D eigenvalue weighted by molar-refractivity contribution is 5.87. The molecule has 5 nitrogen and oxygen atoms in total. The first-order valence-electron chi connectivity index (χ1n) is 9.27. The largest absolute Gasteiger partial charge is 0.391 e. The van der Waals surface area contributed by atoms with E-state index in [2.05, 4.69) is 5.32 Å². The quantitative estimate of drug-likeness (QED) is 0.815. The first-order valence-corrected chi connectivity index (χ1v) is 9.27. The molecule has 2 fully saturated rings. The molecule has 1 saturated heterocycles. The molecule has 1 aliphatic heterocycles. The monoisotopic (exact) mass is 324 g/mol. The van der Waals surface area contributed by atoms with Gasteiger partial charge in [-0.15, -0.1) is 0 Å². The number of likely N-dealkylation sites (tertiary alicyclic amines) is 1. The van der Waals surface area contributed by atoms with Gasteiger partial charge in [0.2, 0.25) is 11.8 Å². The molecule has 3 atom stereocenters. The van der Waals surface area contributed by atoms with E-state index in [4.69, 9.17) is 0 Å². The molecule has 1 saturated carbocycles. The molecule has 0 aromatic heterocycles. The Kier molecular flexibility index (Phi) is 6.88. The van der Waals surface area contributed by atoms with Crippen molar-refractivity contribution in [2.75, 3.05) is 6.54 Å². The fraction of sp³-hybridized carbons (Fsp3) is 0.889. The number of hydrogen-bond donors (Lipinski definition) is 2. The van der Waals surface area contributed by atoms with Gasteiger partial charge < -0.3 is 15.3 Å². The molecular weight excluding hydrogens is 292 g/mol. The van der Waals surface area contributed by atoms with Crippen LogP contribution in [0.25, 0.3) is 0 Å². The van der Waals surface area contributed by atoms with Crippen LogP contribution in [0.2, 0.25) is 0 Å². The summed E-state index contributed by atoms with van der Waals surface area (Å²) >= 11 is 0. The average Bonchev–Trinajstić information content (AvgIpc) is 2.54. The third-order valence-corrected chi connectivity index (χ3v) is 5.34. The van der Waals surface area contributed by atoms with Crippen molar-refractivity contribution in [3.8, 4) is 0 Å². The van der Waals surface area contributed by atoms with Crippen molar-refractivity contribution >= 4 is 11.8 Å². The van der Waals surface area contributed by atoms with Gasteiger partial charge in [0.25, 0.3) is 0 Å². The van der Waals surface area contributed by atoms with Gasteiger partial charge in [0.15, 0.2) is 0 Å². The average molecular weight is 324 g/mol. The number of amides is 2. The Labute approximate surface area is 139 Å². The maximum Gasteiger partial charge on any atom is 0.245 e. The molecule has 2 amide bonds. The van der Waals surface area contributed by atoms with E-state index < -0.39 is 12.1 Å². The number of carbonyl (C=O) groups excluding carboxylic acids is 2. The van der Waals surface area contributed by atoms with E-state index in [1.54, 1.807) is 18.7 Å². The predicted octanol–water partition coefficient (Wildman–Crippen LogP) is 2.22. The van der Waals surface area contributed by atoms with Crippen LogP contribution >= 0.6 is 0 Å². The zero-order valence-electron chi connectivity index (χ0n) is 14.6. The molecule has 1 aliphatic carbocycles. The third kappa shape index (κ3) is 5.20. The SMILES string of the molecule is CC(NC(=O)CC1CCCCC1)C(=O)N1CCCCC1C(C)O. The molecular formula is C18H32N2O3. The second kappa shape index (κ2) is 8.67. The Morgan fingerprint density at radius 2 is 1.74 bits per heavy atom. The minimum absolute atomic E-state index is 0.0108. The van der Waals surface area contributed by atoms with Crippen molar-refractivity contribution in [1.29, 1.82) is 0 Å². The smallest absolute Gasteiger partial charge is 0.245 e. The van der Waals surface area contributed by atoms with Gasteiger partial charge in [-0.2, -0.15) is 0 Å². The van der Waals surface area contributed by atoms with Crippen LogP contribution in [0, 0.1) is 5.92 Å². The number of rotatable bonds is 5. The van der Waals surface area contributed by atoms with Crippen LogP contribution in [-0.4, -0.2) is 46.6 Å². The number of aliphatic hydroxyl groups excluding tert-OH is 1. The summed E-state index contributed by atoms with van der Waals surface area (Å²) in [5.74, 6) is 0.405. The second-order valence-electron chi connectivity index (χ2n) is 7.33. The summed E-state index contributed by atoms with van der Waals surface area (Å²) < 4.78 is 0. The minimum atomic E-state index is -0.524. The number of nitrogens with zero attached hydrogens (tertiary/aromatic N) is 1. The van der Waals surface area contributed by atoms with Crippen LogP contribution in [0.5, 0.6) is 0 Å². The topological polar surface area (TPSA) is 69.6 Å². The molecule has 23 heavy (non-hydrogen) atoms. The summed E-state index contributed by atoms with van der Waals surface area (Å²) in [7, 11) is 0. The summed E-state index contributed by atoms with van der Waals surface area (Å²) in [5, 5.41) is 12.8. The summed E-state index contributed by atoms with van der Waals surface area (Å²) in [4.78, 5) is 26.6. The van der Waals surface area contributed by atoms with Crippen LogP contribution in [0.4, 0.5) is 0 Å². The molecule has 0 aromatic rings. The van der Waals surface area contributed by atoms with Crippen molar-refractivity contribution in [3.05, 3.63) is 0 Å². The molecule has 0 aromatic carbocycles. The van der Waals surface area contributed by atoms with Gasteiger partial charge in [0.05, 0.1) is 12.1 Å². The Morgan fingerprint density at radius 3 is 2.39 bits per heavy atom. The number of carbonyl (C=O) groups is 2. The summed E-state index contributed by atoms with van der Waals surface area (Å²) in [6.45, 7) is 4.18. The van der Waals surface area contributed by atoms with E-state index in [9.17, 15) is 14.7 Å². The molecule has 132 valence electrons. The van der Waals surface area contributed by atoms with Gasteiger partial charge in [-0.25, -0.2) is 0 Å². The maximum absolute atomic E-state index is 12.6. The molecule has 0 radical (unpaired) electrons. The van der Waals surface area contributed by atoms with E-state index in [1.807, 2.05) is 0 Å².